The molecule has 2 fully saturated rings. The number of hydrogen-bond acceptors (Lipinski definition) is 2. The Morgan fingerprint density at radius 2 is 1.69 bits per heavy atom. The van der Waals surface area contributed by atoms with Crippen LogP contribution in [0.3, 0.4) is 0 Å². The Morgan fingerprint density at radius 1 is 1.00 bits per heavy atom. The summed E-state index contributed by atoms with van der Waals surface area (Å²) in [5, 5.41) is 11.4. The first-order chi connectivity index (χ1) is 12.5. The second-order valence-electron chi connectivity index (χ2n) is 7.76. The van der Waals surface area contributed by atoms with E-state index in [1.165, 1.54) is 24.1 Å². The van der Waals surface area contributed by atoms with Crippen LogP contribution in [0.15, 0.2) is 54.6 Å². The molecule has 2 aromatic carbocycles. The highest BCUT2D eigenvalue weighted by Gasteiger charge is 2.46. The summed E-state index contributed by atoms with van der Waals surface area (Å²) in [6.45, 7) is 0.892. The summed E-state index contributed by atoms with van der Waals surface area (Å²) in [6, 6.07) is 17.4. The molecule has 2 nitrogen and oxygen atoms in total. The van der Waals surface area contributed by atoms with Gasteiger partial charge in [-0.1, -0.05) is 55.0 Å². The van der Waals surface area contributed by atoms with Crippen molar-refractivity contribution in [2.24, 2.45) is 0 Å². The number of fused-ring (bicyclic) bond motifs is 2. The lowest BCUT2D eigenvalue weighted by molar-refractivity contribution is -0.1000. The monoisotopic (exact) mass is 357 g/mol. The van der Waals surface area contributed by atoms with Gasteiger partial charge in [0.15, 0.2) is 0 Å². The van der Waals surface area contributed by atoms with Crippen LogP contribution in [-0.4, -0.2) is 22.1 Å². The third-order valence-electron chi connectivity index (χ3n) is 6.04. The summed E-state index contributed by atoms with van der Waals surface area (Å²) >= 11 is 0. The van der Waals surface area contributed by atoms with Gasteiger partial charge in [0.2, 0.25) is 0 Å². The summed E-state index contributed by atoms with van der Waals surface area (Å²) < 4.78 is 26.2. The van der Waals surface area contributed by atoms with E-state index in [0.717, 1.165) is 19.4 Å². The molecular weight excluding hydrogens is 332 g/mol. The van der Waals surface area contributed by atoms with E-state index in [9.17, 15) is 13.9 Å². The van der Waals surface area contributed by atoms with Gasteiger partial charge in [-0.3, -0.25) is 4.90 Å². The molecule has 26 heavy (non-hydrogen) atoms. The van der Waals surface area contributed by atoms with Crippen LogP contribution < -0.4 is 0 Å². The van der Waals surface area contributed by atoms with Crippen LogP contribution in [-0.2, 0) is 12.1 Å². The van der Waals surface area contributed by atoms with Gasteiger partial charge >= 0.3 is 0 Å². The lowest BCUT2D eigenvalue weighted by atomic mass is 9.72. The highest BCUT2D eigenvalue weighted by atomic mass is 19.3. The minimum atomic E-state index is -2.50. The van der Waals surface area contributed by atoms with Gasteiger partial charge in [-0.05, 0) is 42.9 Å². The van der Waals surface area contributed by atoms with Gasteiger partial charge in [0.25, 0.3) is 6.43 Å². The van der Waals surface area contributed by atoms with Crippen LogP contribution in [0.4, 0.5) is 8.78 Å². The van der Waals surface area contributed by atoms with E-state index in [4.69, 9.17) is 0 Å². The predicted octanol–water partition coefficient (Wildman–Crippen LogP) is 5.03. The molecule has 0 saturated carbocycles. The number of halogens is 2. The Hall–Kier alpha value is -1.78. The quantitative estimate of drug-likeness (QED) is 0.830. The van der Waals surface area contributed by atoms with E-state index in [0.29, 0.717) is 30.5 Å². The van der Waals surface area contributed by atoms with Crippen LogP contribution in [0.25, 0.3) is 0 Å². The molecule has 0 amide bonds. The molecule has 2 bridgehead atoms. The molecule has 0 radical (unpaired) electrons. The summed E-state index contributed by atoms with van der Waals surface area (Å²) in [4.78, 5) is 2.52. The second kappa shape index (κ2) is 7.09. The zero-order valence-electron chi connectivity index (χ0n) is 14.8. The zero-order chi connectivity index (χ0) is 18.1. The van der Waals surface area contributed by atoms with Crippen molar-refractivity contribution in [1.29, 1.82) is 0 Å². The molecule has 2 saturated heterocycles. The Morgan fingerprint density at radius 3 is 2.35 bits per heavy atom. The Balaban J connectivity index is 1.58. The van der Waals surface area contributed by atoms with Gasteiger partial charge in [0, 0.05) is 24.2 Å². The van der Waals surface area contributed by atoms with Crippen molar-refractivity contribution in [2.75, 3.05) is 0 Å². The Bertz CT molecular complexity index is 735. The summed E-state index contributed by atoms with van der Waals surface area (Å²) in [5.74, 6) is 0. The maximum Gasteiger partial charge on any atom is 0.263 e. The standard InChI is InChI=1S/C22H25F2NO/c23-21(24)17-8-4-9-18(12-17)22(26)13-19-10-5-11-20(14-22)25(19)15-16-6-2-1-3-7-16/h1-4,6-9,12,19-21,26H,5,10-11,13-15H2. The van der Waals surface area contributed by atoms with Crippen molar-refractivity contribution < 1.29 is 13.9 Å². The maximum absolute atomic E-state index is 13.1. The number of piperidine rings is 2. The fourth-order valence-electron chi connectivity index (χ4n) is 4.77. The fourth-order valence-corrected chi connectivity index (χ4v) is 4.77. The number of rotatable bonds is 4. The van der Waals surface area contributed by atoms with Crippen LogP contribution >= 0.6 is 0 Å². The molecule has 2 aliphatic heterocycles. The van der Waals surface area contributed by atoms with E-state index in [2.05, 4.69) is 29.2 Å². The van der Waals surface area contributed by atoms with Crippen LogP contribution in [0, 0.1) is 0 Å². The lowest BCUT2D eigenvalue weighted by Crippen LogP contribution is -2.56. The van der Waals surface area contributed by atoms with Crippen molar-refractivity contribution in [2.45, 2.75) is 62.8 Å². The number of hydrogen-bond donors (Lipinski definition) is 1. The van der Waals surface area contributed by atoms with Gasteiger partial charge in [-0.15, -0.1) is 0 Å². The SMILES string of the molecule is OC1(c2cccc(C(F)F)c2)CC2CCCC(C1)N2Cc1ccccc1. The average molecular weight is 357 g/mol. The summed E-state index contributed by atoms with van der Waals surface area (Å²) in [7, 11) is 0. The Kier molecular flexibility index (Phi) is 4.80. The largest absolute Gasteiger partial charge is 0.385 e. The van der Waals surface area contributed by atoms with E-state index in [1.807, 2.05) is 6.07 Å². The van der Waals surface area contributed by atoms with E-state index in [1.54, 1.807) is 12.1 Å². The van der Waals surface area contributed by atoms with Crippen LogP contribution in [0.2, 0.25) is 0 Å². The summed E-state index contributed by atoms with van der Waals surface area (Å²) in [5.41, 5.74) is 0.919. The molecule has 2 heterocycles. The topological polar surface area (TPSA) is 23.5 Å². The molecule has 4 rings (SSSR count). The highest BCUT2D eigenvalue weighted by Crippen LogP contribution is 2.45. The first-order valence-corrected chi connectivity index (χ1v) is 9.46. The molecule has 0 spiro atoms. The Labute approximate surface area is 153 Å². The van der Waals surface area contributed by atoms with E-state index in [-0.39, 0.29) is 5.56 Å². The van der Waals surface area contributed by atoms with Gasteiger partial charge in [0.05, 0.1) is 5.60 Å². The van der Waals surface area contributed by atoms with Crippen molar-refractivity contribution in [1.82, 2.24) is 4.90 Å². The van der Waals surface area contributed by atoms with E-state index >= 15 is 0 Å². The number of nitrogens with zero attached hydrogens (tertiary/aromatic N) is 1. The molecule has 2 atom stereocenters. The molecule has 0 aromatic heterocycles. The average Bonchev–Trinajstić information content (AvgIpc) is 2.64. The molecule has 4 heteroatoms. The molecular formula is C22H25F2NO. The molecule has 2 unspecified atom stereocenters. The van der Waals surface area contributed by atoms with Gasteiger partial charge in [-0.25, -0.2) is 8.78 Å². The summed E-state index contributed by atoms with van der Waals surface area (Å²) in [6.07, 6.45) is 2.01. The highest BCUT2D eigenvalue weighted by molar-refractivity contribution is 5.30. The minimum Gasteiger partial charge on any atom is -0.385 e. The van der Waals surface area contributed by atoms with Crippen molar-refractivity contribution in [3.05, 3.63) is 71.3 Å². The normalized spacial score (nSPS) is 29.1. The molecule has 1 N–H and O–H groups in total. The minimum absolute atomic E-state index is 0.00667. The van der Waals surface area contributed by atoms with Crippen molar-refractivity contribution in [3.8, 4) is 0 Å². The van der Waals surface area contributed by atoms with E-state index < -0.39 is 12.0 Å². The fraction of sp³-hybridized carbons (Fsp3) is 0.455. The molecule has 0 aliphatic carbocycles. The van der Waals surface area contributed by atoms with Crippen molar-refractivity contribution in [3.63, 3.8) is 0 Å². The number of benzene rings is 2. The number of aliphatic hydroxyl groups is 1. The first-order valence-electron chi connectivity index (χ1n) is 9.46. The number of alkyl halides is 2. The predicted molar refractivity (Wildman–Crippen MR) is 97.9 cm³/mol. The van der Waals surface area contributed by atoms with Gasteiger partial charge in [-0.2, -0.15) is 0 Å². The van der Waals surface area contributed by atoms with Crippen LogP contribution in [0.5, 0.6) is 0 Å². The third kappa shape index (κ3) is 3.40. The van der Waals surface area contributed by atoms with Crippen LogP contribution in [0.1, 0.15) is 55.2 Å². The van der Waals surface area contributed by atoms with Gasteiger partial charge in [0.1, 0.15) is 0 Å². The lowest BCUT2D eigenvalue weighted by Gasteiger charge is -2.52. The van der Waals surface area contributed by atoms with Crippen molar-refractivity contribution >= 4 is 0 Å². The maximum atomic E-state index is 13.1. The zero-order valence-corrected chi connectivity index (χ0v) is 14.8. The molecule has 2 aliphatic rings. The molecule has 2 aromatic rings. The molecule has 138 valence electrons. The third-order valence-corrected chi connectivity index (χ3v) is 6.04. The first kappa shape index (κ1) is 17.6. The smallest absolute Gasteiger partial charge is 0.263 e. The second-order valence-corrected chi connectivity index (χ2v) is 7.76. The van der Waals surface area contributed by atoms with Gasteiger partial charge < -0.3 is 5.11 Å².